The van der Waals surface area contributed by atoms with E-state index in [0.29, 0.717) is 11.3 Å². The van der Waals surface area contributed by atoms with Crippen molar-refractivity contribution in [2.24, 2.45) is 0 Å². The monoisotopic (exact) mass is 303 g/mol. The Morgan fingerprint density at radius 1 is 1.41 bits per heavy atom. The largest absolute Gasteiger partial charge is 0.462 e. The molecule has 0 bridgehead atoms. The van der Waals surface area contributed by atoms with Gasteiger partial charge >= 0.3 is 5.97 Å². The third-order valence-electron chi connectivity index (χ3n) is 2.88. The average Bonchev–Trinajstić information content (AvgIpc) is 2.50. The van der Waals surface area contributed by atoms with Gasteiger partial charge in [0.05, 0.1) is 24.9 Å². The summed E-state index contributed by atoms with van der Waals surface area (Å²) in [4.78, 5) is 28.1. The summed E-state index contributed by atoms with van der Waals surface area (Å²) < 4.78 is 5.98. The number of hydrogen-bond acceptors (Lipinski definition) is 6. The summed E-state index contributed by atoms with van der Waals surface area (Å²) in [6.45, 7) is 3.36. The van der Waals surface area contributed by atoms with Gasteiger partial charge in [-0.1, -0.05) is 0 Å². The van der Waals surface area contributed by atoms with Gasteiger partial charge in [0.25, 0.3) is 5.56 Å². The predicted molar refractivity (Wildman–Crippen MR) is 79.4 cm³/mol. The van der Waals surface area contributed by atoms with E-state index in [0.717, 1.165) is 4.68 Å². The molecule has 1 N–H and O–H groups in total. The normalized spacial score (nSPS) is 12.0. The minimum Gasteiger partial charge on any atom is -0.462 e. The molecule has 1 atom stereocenters. The van der Waals surface area contributed by atoms with Crippen molar-refractivity contribution in [2.45, 2.75) is 26.5 Å². The fourth-order valence-corrected chi connectivity index (χ4v) is 1.93. The molecule has 1 unspecified atom stereocenters. The van der Waals surface area contributed by atoms with Gasteiger partial charge < -0.3 is 9.84 Å². The lowest BCUT2D eigenvalue weighted by molar-refractivity contribution is 0.0522. The molecule has 0 amide bonds. The molecule has 116 valence electrons. The molecule has 2 rings (SSSR count). The molecule has 2 aromatic rings. The summed E-state index contributed by atoms with van der Waals surface area (Å²) >= 11 is 0. The van der Waals surface area contributed by atoms with Crippen molar-refractivity contribution < 1.29 is 14.6 Å². The van der Waals surface area contributed by atoms with Gasteiger partial charge in [-0.2, -0.15) is 5.10 Å². The van der Waals surface area contributed by atoms with Crippen molar-refractivity contribution in [3.8, 4) is 11.3 Å². The van der Waals surface area contributed by atoms with Crippen molar-refractivity contribution in [3.63, 3.8) is 0 Å². The minimum atomic E-state index is -0.770. The number of aliphatic hydroxyl groups excluding tert-OH is 1. The first-order chi connectivity index (χ1) is 10.5. The summed E-state index contributed by atoms with van der Waals surface area (Å²) in [5, 5.41) is 13.7. The highest BCUT2D eigenvalue weighted by atomic mass is 16.5. The van der Waals surface area contributed by atoms with Crippen molar-refractivity contribution in [1.82, 2.24) is 14.8 Å². The molecule has 22 heavy (non-hydrogen) atoms. The van der Waals surface area contributed by atoms with Gasteiger partial charge in [0.2, 0.25) is 0 Å². The lowest BCUT2D eigenvalue weighted by Gasteiger charge is -2.11. The second kappa shape index (κ2) is 6.95. The number of rotatable bonds is 5. The van der Waals surface area contributed by atoms with Crippen LogP contribution in [-0.4, -0.2) is 38.6 Å². The Bertz CT molecular complexity index is 710. The molecule has 0 saturated carbocycles. The van der Waals surface area contributed by atoms with Crippen LogP contribution in [0.5, 0.6) is 0 Å². The van der Waals surface area contributed by atoms with Crippen LogP contribution in [0.1, 0.15) is 24.2 Å². The Labute approximate surface area is 127 Å². The van der Waals surface area contributed by atoms with E-state index >= 15 is 0 Å². The third kappa shape index (κ3) is 3.56. The summed E-state index contributed by atoms with van der Waals surface area (Å²) in [5.74, 6) is -0.704. The third-order valence-corrected chi connectivity index (χ3v) is 2.88. The van der Waals surface area contributed by atoms with E-state index in [1.807, 2.05) is 0 Å². The molecule has 7 heteroatoms. The lowest BCUT2D eigenvalue weighted by atomic mass is 10.1. The van der Waals surface area contributed by atoms with E-state index in [9.17, 15) is 14.7 Å². The molecule has 7 nitrogen and oxygen atoms in total. The highest BCUT2D eigenvalue weighted by Crippen LogP contribution is 2.15. The van der Waals surface area contributed by atoms with Gasteiger partial charge in [-0.25, -0.2) is 9.48 Å². The second-order valence-corrected chi connectivity index (χ2v) is 4.74. The van der Waals surface area contributed by atoms with E-state index in [-0.39, 0.29) is 18.7 Å². The van der Waals surface area contributed by atoms with Crippen LogP contribution in [0.2, 0.25) is 0 Å². The van der Waals surface area contributed by atoms with Crippen molar-refractivity contribution in [1.29, 1.82) is 0 Å². The summed E-state index contributed by atoms with van der Waals surface area (Å²) in [7, 11) is 0. The fourth-order valence-electron chi connectivity index (χ4n) is 1.93. The molecular formula is C15H17N3O4. The quantitative estimate of drug-likeness (QED) is 0.823. The van der Waals surface area contributed by atoms with E-state index in [1.165, 1.54) is 13.0 Å². The zero-order valence-electron chi connectivity index (χ0n) is 12.4. The SMILES string of the molecule is CCOC(=O)c1cc(-c2ccncc2)nn(CC(C)O)c1=O. The van der Waals surface area contributed by atoms with Gasteiger partial charge in [-0.05, 0) is 32.0 Å². The predicted octanol–water partition coefficient (Wildman–Crippen LogP) is 0.863. The fraction of sp³-hybridized carbons (Fsp3) is 0.333. The zero-order valence-corrected chi connectivity index (χ0v) is 12.4. The number of ether oxygens (including phenoxy) is 1. The highest BCUT2D eigenvalue weighted by Gasteiger charge is 2.18. The maximum Gasteiger partial charge on any atom is 0.343 e. The number of esters is 1. The topological polar surface area (TPSA) is 94.3 Å². The summed E-state index contributed by atoms with van der Waals surface area (Å²) in [6, 6.07) is 4.83. The molecule has 0 spiro atoms. The second-order valence-electron chi connectivity index (χ2n) is 4.74. The molecule has 0 fully saturated rings. The number of aromatic nitrogens is 3. The maximum absolute atomic E-state index is 12.3. The molecular weight excluding hydrogens is 286 g/mol. The van der Waals surface area contributed by atoms with Gasteiger partial charge in [-0.15, -0.1) is 0 Å². The van der Waals surface area contributed by atoms with E-state index in [1.54, 1.807) is 31.5 Å². The van der Waals surface area contributed by atoms with Gasteiger partial charge in [0, 0.05) is 18.0 Å². The molecule has 0 aliphatic heterocycles. The van der Waals surface area contributed by atoms with Crippen LogP contribution in [0.3, 0.4) is 0 Å². The minimum absolute atomic E-state index is 0.00976. The van der Waals surface area contributed by atoms with E-state index < -0.39 is 17.6 Å². The molecule has 0 aromatic carbocycles. The van der Waals surface area contributed by atoms with Gasteiger partial charge in [0.1, 0.15) is 5.56 Å². The van der Waals surface area contributed by atoms with Crippen LogP contribution in [0.4, 0.5) is 0 Å². The highest BCUT2D eigenvalue weighted by molar-refractivity contribution is 5.90. The van der Waals surface area contributed by atoms with E-state index in [2.05, 4.69) is 10.1 Å². The Morgan fingerprint density at radius 2 is 2.09 bits per heavy atom. The number of carbonyl (C=O) groups excluding carboxylic acids is 1. The Balaban J connectivity index is 2.58. The molecule has 0 aliphatic rings. The van der Waals surface area contributed by atoms with E-state index in [4.69, 9.17) is 4.74 Å². The standard InChI is InChI=1S/C15H17N3O4/c1-3-22-15(21)12-8-13(11-4-6-16-7-5-11)17-18(14(12)20)9-10(2)19/h4-8,10,19H,3,9H2,1-2H3. The maximum atomic E-state index is 12.3. The first kappa shape index (κ1) is 15.8. The van der Waals surface area contributed by atoms with Crippen molar-refractivity contribution in [2.75, 3.05) is 6.61 Å². The Morgan fingerprint density at radius 3 is 2.68 bits per heavy atom. The molecule has 0 aliphatic carbocycles. The molecule has 0 saturated heterocycles. The molecule has 2 aromatic heterocycles. The Hall–Kier alpha value is -2.54. The lowest BCUT2D eigenvalue weighted by Crippen LogP contribution is -2.32. The number of pyridine rings is 1. The summed E-state index contributed by atoms with van der Waals surface area (Å²) in [5.41, 5.74) is 0.451. The number of aliphatic hydroxyl groups is 1. The van der Waals surface area contributed by atoms with Crippen LogP contribution in [-0.2, 0) is 11.3 Å². The number of nitrogens with zero attached hydrogens (tertiary/aromatic N) is 3. The van der Waals surface area contributed by atoms with Crippen LogP contribution in [0.15, 0.2) is 35.4 Å². The Kier molecular flexibility index (Phi) is 5.00. The molecule has 0 radical (unpaired) electrons. The first-order valence-electron chi connectivity index (χ1n) is 6.90. The smallest absolute Gasteiger partial charge is 0.343 e. The number of carbonyl (C=O) groups is 1. The van der Waals surface area contributed by atoms with Gasteiger partial charge in [0.15, 0.2) is 0 Å². The summed E-state index contributed by atoms with van der Waals surface area (Å²) in [6.07, 6.45) is 2.41. The average molecular weight is 303 g/mol. The van der Waals surface area contributed by atoms with Crippen LogP contribution < -0.4 is 5.56 Å². The first-order valence-corrected chi connectivity index (χ1v) is 6.90. The zero-order chi connectivity index (χ0) is 16.1. The van der Waals surface area contributed by atoms with Crippen molar-refractivity contribution >= 4 is 5.97 Å². The van der Waals surface area contributed by atoms with Crippen LogP contribution in [0.25, 0.3) is 11.3 Å². The van der Waals surface area contributed by atoms with Crippen LogP contribution >= 0.6 is 0 Å². The number of hydrogen-bond donors (Lipinski definition) is 1. The van der Waals surface area contributed by atoms with Gasteiger partial charge in [-0.3, -0.25) is 9.78 Å². The van der Waals surface area contributed by atoms with Crippen LogP contribution in [0, 0.1) is 0 Å². The van der Waals surface area contributed by atoms with Crippen molar-refractivity contribution in [3.05, 3.63) is 46.5 Å². The molecule has 2 heterocycles.